The van der Waals surface area contributed by atoms with Crippen LogP contribution in [-0.4, -0.2) is 28.5 Å². The van der Waals surface area contributed by atoms with Gasteiger partial charge in [0.1, 0.15) is 10.6 Å². The molecule has 2 heterocycles. The van der Waals surface area contributed by atoms with Crippen molar-refractivity contribution in [1.29, 1.82) is 0 Å². The summed E-state index contributed by atoms with van der Waals surface area (Å²) < 4.78 is 0. The molecule has 92 valence electrons. The van der Waals surface area contributed by atoms with E-state index in [1.807, 2.05) is 0 Å². The summed E-state index contributed by atoms with van der Waals surface area (Å²) in [6, 6.07) is 2.15. The number of nitrogens with zero attached hydrogens (tertiary/aromatic N) is 2. The van der Waals surface area contributed by atoms with Gasteiger partial charge in [-0.05, 0) is 30.3 Å². The molecule has 2 aromatic heterocycles. The number of rotatable bonds is 5. The Morgan fingerprint density at radius 2 is 2.29 bits per heavy atom. The highest BCUT2D eigenvalue weighted by atomic mass is 35.5. The first-order valence-corrected chi connectivity index (χ1v) is 8.02. The molecule has 0 amide bonds. The van der Waals surface area contributed by atoms with E-state index in [0.717, 1.165) is 34.8 Å². The topological polar surface area (TPSA) is 37.8 Å². The highest BCUT2D eigenvalue weighted by molar-refractivity contribution is 7.98. The SMILES string of the molecule is CCc1cc2c(NCCSC)nc(Cl)nc2s1. The van der Waals surface area contributed by atoms with Gasteiger partial charge in [-0.3, -0.25) is 0 Å². The summed E-state index contributed by atoms with van der Waals surface area (Å²) >= 11 is 9.42. The maximum absolute atomic E-state index is 5.93. The van der Waals surface area contributed by atoms with Crippen molar-refractivity contribution < 1.29 is 0 Å². The number of aromatic nitrogens is 2. The molecule has 0 aliphatic heterocycles. The van der Waals surface area contributed by atoms with Crippen LogP contribution in [0.5, 0.6) is 0 Å². The average Bonchev–Trinajstić information content (AvgIpc) is 2.72. The zero-order valence-electron chi connectivity index (χ0n) is 9.79. The third kappa shape index (κ3) is 3.03. The van der Waals surface area contributed by atoms with Crippen molar-refractivity contribution in [3.63, 3.8) is 0 Å². The molecule has 6 heteroatoms. The molecule has 17 heavy (non-hydrogen) atoms. The van der Waals surface area contributed by atoms with Crippen molar-refractivity contribution in [1.82, 2.24) is 9.97 Å². The van der Waals surface area contributed by atoms with Gasteiger partial charge in [0.05, 0.1) is 5.39 Å². The Hall–Kier alpha value is -0.520. The van der Waals surface area contributed by atoms with Crippen molar-refractivity contribution in [3.05, 3.63) is 16.2 Å². The van der Waals surface area contributed by atoms with Crippen molar-refractivity contribution in [2.75, 3.05) is 23.9 Å². The highest BCUT2D eigenvalue weighted by Gasteiger charge is 2.09. The molecule has 0 aliphatic carbocycles. The Morgan fingerprint density at radius 1 is 1.47 bits per heavy atom. The molecule has 0 spiro atoms. The predicted octanol–water partition coefficient (Wildman–Crippen LogP) is 3.68. The quantitative estimate of drug-likeness (QED) is 0.672. The number of aryl methyl sites for hydroxylation is 1. The molecule has 3 nitrogen and oxygen atoms in total. The summed E-state index contributed by atoms with van der Waals surface area (Å²) in [4.78, 5) is 10.8. The van der Waals surface area contributed by atoms with Crippen LogP contribution in [0.1, 0.15) is 11.8 Å². The second-order valence-electron chi connectivity index (χ2n) is 3.55. The number of thiophene rings is 1. The summed E-state index contributed by atoms with van der Waals surface area (Å²) in [5.74, 6) is 1.90. The molecule has 0 atom stereocenters. The second kappa shape index (κ2) is 5.89. The minimum atomic E-state index is 0.314. The van der Waals surface area contributed by atoms with E-state index in [4.69, 9.17) is 11.6 Å². The van der Waals surface area contributed by atoms with Crippen LogP contribution in [0.2, 0.25) is 5.28 Å². The van der Waals surface area contributed by atoms with Crippen LogP contribution in [0.15, 0.2) is 6.07 Å². The van der Waals surface area contributed by atoms with E-state index in [9.17, 15) is 0 Å². The highest BCUT2D eigenvalue weighted by Crippen LogP contribution is 2.30. The predicted molar refractivity (Wildman–Crippen MR) is 78.7 cm³/mol. The molecule has 0 fully saturated rings. The molecule has 0 aliphatic rings. The largest absolute Gasteiger partial charge is 0.369 e. The van der Waals surface area contributed by atoms with E-state index in [2.05, 4.69) is 34.5 Å². The monoisotopic (exact) mass is 287 g/mol. The van der Waals surface area contributed by atoms with Crippen molar-refractivity contribution >= 4 is 50.7 Å². The number of halogens is 1. The zero-order valence-corrected chi connectivity index (χ0v) is 12.2. The lowest BCUT2D eigenvalue weighted by Gasteiger charge is -2.05. The number of fused-ring (bicyclic) bond motifs is 1. The van der Waals surface area contributed by atoms with Crippen LogP contribution in [0.3, 0.4) is 0 Å². The Kier molecular flexibility index (Phi) is 4.48. The lowest BCUT2D eigenvalue weighted by molar-refractivity contribution is 1.15. The van der Waals surface area contributed by atoms with Crippen LogP contribution >= 0.6 is 34.7 Å². The van der Waals surface area contributed by atoms with Gasteiger partial charge in [-0.1, -0.05) is 6.92 Å². The first-order chi connectivity index (χ1) is 8.24. The molecule has 0 saturated carbocycles. The number of thioether (sulfide) groups is 1. The summed E-state index contributed by atoms with van der Waals surface area (Å²) in [6.07, 6.45) is 3.10. The smallest absolute Gasteiger partial charge is 0.225 e. The minimum Gasteiger partial charge on any atom is -0.369 e. The third-order valence-electron chi connectivity index (χ3n) is 2.36. The van der Waals surface area contributed by atoms with E-state index in [1.54, 1.807) is 23.1 Å². The fourth-order valence-electron chi connectivity index (χ4n) is 1.53. The van der Waals surface area contributed by atoms with Gasteiger partial charge in [0.25, 0.3) is 0 Å². The normalized spacial score (nSPS) is 11.0. The van der Waals surface area contributed by atoms with Gasteiger partial charge in [-0.15, -0.1) is 11.3 Å². The van der Waals surface area contributed by atoms with Crippen LogP contribution in [0, 0.1) is 0 Å². The molecule has 2 aromatic rings. The molecule has 0 bridgehead atoms. The van der Waals surface area contributed by atoms with E-state index in [0.29, 0.717) is 5.28 Å². The van der Waals surface area contributed by atoms with Gasteiger partial charge < -0.3 is 5.32 Å². The average molecular weight is 288 g/mol. The van der Waals surface area contributed by atoms with Gasteiger partial charge in [-0.25, -0.2) is 9.97 Å². The lowest BCUT2D eigenvalue weighted by Crippen LogP contribution is -2.06. The van der Waals surface area contributed by atoms with E-state index >= 15 is 0 Å². The lowest BCUT2D eigenvalue weighted by atomic mass is 10.3. The van der Waals surface area contributed by atoms with Crippen LogP contribution < -0.4 is 5.32 Å². The van der Waals surface area contributed by atoms with Gasteiger partial charge in [0.2, 0.25) is 5.28 Å². The Morgan fingerprint density at radius 3 is 3.00 bits per heavy atom. The van der Waals surface area contributed by atoms with Crippen LogP contribution in [-0.2, 0) is 6.42 Å². The molecular weight excluding hydrogens is 274 g/mol. The van der Waals surface area contributed by atoms with Gasteiger partial charge in [0.15, 0.2) is 0 Å². The maximum atomic E-state index is 5.93. The third-order valence-corrected chi connectivity index (χ3v) is 4.32. The number of hydrogen-bond acceptors (Lipinski definition) is 5. The fourth-order valence-corrected chi connectivity index (χ4v) is 3.02. The van der Waals surface area contributed by atoms with Gasteiger partial charge in [0, 0.05) is 17.2 Å². The standard InChI is InChI=1S/C11H14ClN3S2/c1-3-7-6-8-9(13-4-5-16-2)14-11(12)15-10(8)17-7/h6H,3-5H2,1-2H3,(H,13,14,15). The molecule has 0 saturated heterocycles. The fraction of sp³-hybridized carbons (Fsp3) is 0.455. The van der Waals surface area contributed by atoms with Crippen molar-refractivity contribution in [3.8, 4) is 0 Å². The van der Waals surface area contributed by atoms with E-state index < -0.39 is 0 Å². The number of hydrogen-bond donors (Lipinski definition) is 1. The van der Waals surface area contributed by atoms with Crippen molar-refractivity contribution in [2.45, 2.75) is 13.3 Å². The van der Waals surface area contributed by atoms with E-state index in [1.165, 1.54) is 4.88 Å². The molecule has 0 radical (unpaired) electrons. The van der Waals surface area contributed by atoms with Crippen LogP contribution in [0.4, 0.5) is 5.82 Å². The molecule has 0 aromatic carbocycles. The summed E-state index contributed by atoms with van der Waals surface area (Å²) in [5.41, 5.74) is 0. The maximum Gasteiger partial charge on any atom is 0.225 e. The first kappa shape index (κ1) is 12.9. The molecule has 0 unspecified atom stereocenters. The summed E-state index contributed by atoms with van der Waals surface area (Å²) in [6.45, 7) is 3.03. The van der Waals surface area contributed by atoms with E-state index in [-0.39, 0.29) is 0 Å². The zero-order chi connectivity index (χ0) is 12.3. The Labute approximate surface area is 114 Å². The Balaban J connectivity index is 2.34. The van der Waals surface area contributed by atoms with Gasteiger partial charge in [-0.2, -0.15) is 11.8 Å². The number of anilines is 1. The summed E-state index contributed by atoms with van der Waals surface area (Å²) in [7, 11) is 0. The van der Waals surface area contributed by atoms with Gasteiger partial charge >= 0.3 is 0 Å². The molecule has 2 rings (SSSR count). The van der Waals surface area contributed by atoms with Crippen molar-refractivity contribution in [2.24, 2.45) is 0 Å². The summed E-state index contributed by atoms with van der Waals surface area (Å²) in [5, 5.41) is 4.71. The van der Waals surface area contributed by atoms with Crippen LogP contribution in [0.25, 0.3) is 10.2 Å². The molecular formula is C11H14ClN3S2. The minimum absolute atomic E-state index is 0.314. The second-order valence-corrected chi connectivity index (χ2v) is 5.98. The number of nitrogens with one attached hydrogen (secondary N) is 1. The first-order valence-electron chi connectivity index (χ1n) is 5.43. The Bertz CT molecular complexity index is 513. The molecule has 1 N–H and O–H groups in total.